The fourth-order valence-corrected chi connectivity index (χ4v) is 3.37. The smallest absolute Gasteiger partial charge is 0.242 e. The number of rotatable bonds is 6. The molecule has 0 saturated heterocycles. The summed E-state index contributed by atoms with van der Waals surface area (Å²) >= 11 is 5.95. The molecule has 1 aromatic carbocycles. The standard InChI is InChI=1S/C12H16ClN5O2S/c1-18-8-15-17-12(18)4-5-16-21(19,20)11-6-9(7-14)2-3-10(11)13/h2-3,6,8,16H,4-5,7,14H2,1H3. The number of hydrogen-bond donors (Lipinski definition) is 2. The molecule has 0 saturated carbocycles. The fourth-order valence-electron chi connectivity index (χ4n) is 1.79. The summed E-state index contributed by atoms with van der Waals surface area (Å²) in [6.45, 7) is 0.455. The maximum Gasteiger partial charge on any atom is 0.242 e. The minimum Gasteiger partial charge on any atom is -0.326 e. The van der Waals surface area contributed by atoms with Crippen LogP contribution in [0.1, 0.15) is 11.4 Å². The van der Waals surface area contributed by atoms with E-state index < -0.39 is 10.0 Å². The van der Waals surface area contributed by atoms with Gasteiger partial charge in [-0.15, -0.1) is 10.2 Å². The number of aromatic nitrogens is 3. The van der Waals surface area contributed by atoms with Gasteiger partial charge >= 0.3 is 0 Å². The van der Waals surface area contributed by atoms with E-state index in [2.05, 4.69) is 14.9 Å². The maximum absolute atomic E-state index is 12.3. The van der Waals surface area contributed by atoms with E-state index >= 15 is 0 Å². The van der Waals surface area contributed by atoms with Gasteiger partial charge in [-0.1, -0.05) is 17.7 Å². The predicted molar refractivity (Wildman–Crippen MR) is 79.2 cm³/mol. The Labute approximate surface area is 128 Å². The maximum atomic E-state index is 12.3. The molecule has 0 atom stereocenters. The summed E-state index contributed by atoms with van der Waals surface area (Å²) in [6, 6.07) is 4.70. The van der Waals surface area contributed by atoms with Crippen LogP contribution in [0.5, 0.6) is 0 Å². The monoisotopic (exact) mass is 329 g/mol. The molecule has 3 N–H and O–H groups in total. The molecule has 9 heteroatoms. The third-order valence-electron chi connectivity index (χ3n) is 2.97. The minimum absolute atomic E-state index is 0.0325. The van der Waals surface area contributed by atoms with Crippen LogP contribution in [-0.4, -0.2) is 29.7 Å². The molecule has 0 aliphatic heterocycles. The molecule has 21 heavy (non-hydrogen) atoms. The van der Waals surface area contributed by atoms with Gasteiger partial charge in [-0.3, -0.25) is 0 Å². The number of nitrogens with zero attached hydrogens (tertiary/aromatic N) is 3. The SMILES string of the molecule is Cn1cnnc1CCNS(=O)(=O)c1cc(CN)ccc1Cl. The summed E-state index contributed by atoms with van der Waals surface area (Å²) in [5, 5.41) is 7.79. The van der Waals surface area contributed by atoms with Crippen molar-refractivity contribution in [1.82, 2.24) is 19.5 Å². The summed E-state index contributed by atoms with van der Waals surface area (Å²) in [5.41, 5.74) is 6.22. The second-order valence-electron chi connectivity index (χ2n) is 4.47. The first-order chi connectivity index (χ1) is 9.94. The molecule has 1 heterocycles. The molecule has 0 fully saturated rings. The zero-order valence-corrected chi connectivity index (χ0v) is 13.0. The van der Waals surface area contributed by atoms with Crippen LogP contribution in [-0.2, 0) is 30.0 Å². The van der Waals surface area contributed by atoms with E-state index in [1.54, 1.807) is 24.0 Å². The highest BCUT2D eigenvalue weighted by Crippen LogP contribution is 2.22. The molecule has 0 unspecified atom stereocenters. The Morgan fingerprint density at radius 1 is 1.43 bits per heavy atom. The van der Waals surface area contributed by atoms with Crippen molar-refractivity contribution in [2.45, 2.75) is 17.9 Å². The molecular weight excluding hydrogens is 314 g/mol. The molecule has 0 aliphatic carbocycles. The largest absolute Gasteiger partial charge is 0.326 e. The van der Waals surface area contributed by atoms with Crippen LogP contribution in [0.2, 0.25) is 5.02 Å². The number of nitrogens with one attached hydrogen (secondary N) is 1. The van der Waals surface area contributed by atoms with Gasteiger partial charge in [0.15, 0.2) is 0 Å². The van der Waals surface area contributed by atoms with Gasteiger partial charge in [0.2, 0.25) is 10.0 Å². The Morgan fingerprint density at radius 2 is 2.19 bits per heavy atom. The number of benzene rings is 1. The summed E-state index contributed by atoms with van der Waals surface area (Å²) in [5.74, 6) is 0.694. The van der Waals surface area contributed by atoms with Gasteiger partial charge in [0.1, 0.15) is 17.0 Å². The lowest BCUT2D eigenvalue weighted by Crippen LogP contribution is -2.27. The number of halogens is 1. The van der Waals surface area contributed by atoms with Gasteiger partial charge in [-0.2, -0.15) is 0 Å². The van der Waals surface area contributed by atoms with Crippen LogP contribution in [0, 0.1) is 0 Å². The Hall–Kier alpha value is -1.48. The van der Waals surface area contributed by atoms with E-state index in [9.17, 15) is 8.42 Å². The van der Waals surface area contributed by atoms with Crippen molar-refractivity contribution < 1.29 is 8.42 Å². The lowest BCUT2D eigenvalue weighted by Gasteiger charge is -2.09. The summed E-state index contributed by atoms with van der Waals surface area (Å²) in [6.07, 6.45) is 2.00. The average Bonchev–Trinajstić information content (AvgIpc) is 2.84. The molecule has 0 aliphatic rings. The van der Waals surface area contributed by atoms with Gasteiger partial charge in [0, 0.05) is 26.6 Å². The highest BCUT2D eigenvalue weighted by atomic mass is 35.5. The van der Waals surface area contributed by atoms with Gasteiger partial charge in [-0.25, -0.2) is 13.1 Å². The lowest BCUT2D eigenvalue weighted by atomic mass is 10.2. The van der Waals surface area contributed by atoms with Gasteiger partial charge in [0.05, 0.1) is 5.02 Å². The van der Waals surface area contributed by atoms with Crippen molar-refractivity contribution >= 4 is 21.6 Å². The van der Waals surface area contributed by atoms with Gasteiger partial charge in [0.25, 0.3) is 0 Å². The molecule has 1 aromatic heterocycles. The molecule has 7 nitrogen and oxygen atoms in total. The predicted octanol–water partition coefficient (Wildman–Crippen LogP) is 0.448. The van der Waals surface area contributed by atoms with Crippen LogP contribution in [0.4, 0.5) is 0 Å². The molecule has 2 rings (SSSR count). The first-order valence-corrected chi connectivity index (χ1v) is 8.11. The van der Waals surface area contributed by atoms with Crippen LogP contribution in [0.15, 0.2) is 29.4 Å². The zero-order valence-electron chi connectivity index (χ0n) is 11.5. The van der Waals surface area contributed by atoms with E-state index in [1.807, 2.05) is 0 Å². The van der Waals surface area contributed by atoms with Crippen LogP contribution < -0.4 is 10.5 Å². The molecule has 0 spiro atoms. The van der Waals surface area contributed by atoms with Crippen LogP contribution in [0.3, 0.4) is 0 Å². The summed E-state index contributed by atoms with van der Waals surface area (Å²) in [7, 11) is -1.89. The average molecular weight is 330 g/mol. The summed E-state index contributed by atoms with van der Waals surface area (Å²) in [4.78, 5) is 0.0325. The number of sulfonamides is 1. The molecule has 114 valence electrons. The third-order valence-corrected chi connectivity index (χ3v) is 4.91. The second kappa shape index (κ2) is 6.52. The lowest BCUT2D eigenvalue weighted by molar-refractivity contribution is 0.580. The van der Waals surface area contributed by atoms with Crippen molar-refractivity contribution in [3.63, 3.8) is 0 Å². The normalized spacial score (nSPS) is 11.8. The van der Waals surface area contributed by atoms with E-state index in [4.69, 9.17) is 17.3 Å². The Bertz CT molecular complexity index is 729. The van der Waals surface area contributed by atoms with Crippen LogP contribution >= 0.6 is 11.6 Å². The van der Waals surface area contributed by atoms with E-state index in [1.165, 1.54) is 12.1 Å². The van der Waals surface area contributed by atoms with Crippen molar-refractivity contribution in [2.75, 3.05) is 6.54 Å². The molecule has 0 radical (unpaired) electrons. The highest BCUT2D eigenvalue weighted by Gasteiger charge is 2.18. The van der Waals surface area contributed by atoms with Crippen molar-refractivity contribution in [2.24, 2.45) is 12.8 Å². The Morgan fingerprint density at radius 3 is 2.81 bits per heavy atom. The van der Waals surface area contributed by atoms with E-state index in [-0.39, 0.29) is 23.0 Å². The van der Waals surface area contributed by atoms with Crippen molar-refractivity contribution in [1.29, 1.82) is 0 Å². The van der Waals surface area contributed by atoms with Crippen LogP contribution in [0.25, 0.3) is 0 Å². The zero-order chi connectivity index (χ0) is 15.5. The molecule has 2 aromatic rings. The third kappa shape index (κ3) is 3.79. The first kappa shape index (κ1) is 15.9. The van der Waals surface area contributed by atoms with E-state index in [0.717, 1.165) is 0 Å². The topological polar surface area (TPSA) is 103 Å². The quantitative estimate of drug-likeness (QED) is 0.801. The van der Waals surface area contributed by atoms with E-state index in [0.29, 0.717) is 17.8 Å². The highest BCUT2D eigenvalue weighted by molar-refractivity contribution is 7.89. The van der Waals surface area contributed by atoms with Gasteiger partial charge in [-0.05, 0) is 17.7 Å². The van der Waals surface area contributed by atoms with Crippen molar-refractivity contribution in [3.05, 3.63) is 40.9 Å². The molecule has 0 bridgehead atoms. The van der Waals surface area contributed by atoms with Gasteiger partial charge < -0.3 is 10.3 Å². The number of nitrogens with two attached hydrogens (primary N) is 1. The molecular formula is C12H16ClN5O2S. The number of hydrogen-bond acceptors (Lipinski definition) is 5. The second-order valence-corrected chi connectivity index (χ2v) is 6.62. The molecule has 0 amide bonds. The first-order valence-electron chi connectivity index (χ1n) is 6.25. The Kier molecular flexibility index (Phi) is 4.94. The fraction of sp³-hybridized carbons (Fsp3) is 0.333. The summed E-state index contributed by atoms with van der Waals surface area (Å²) < 4.78 is 28.7. The Balaban J connectivity index is 2.10. The minimum atomic E-state index is -3.68. The van der Waals surface area contributed by atoms with Crippen molar-refractivity contribution in [3.8, 4) is 0 Å². The number of aryl methyl sites for hydroxylation is 1.